The molecule has 0 bridgehead atoms. The van der Waals surface area contributed by atoms with Gasteiger partial charge >= 0.3 is 6.18 Å². The Bertz CT molecular complexity index is 1200. The highest BCUT2D eigenvalue weighted by Gasteiger charge is 2.36. The average Bonchev–Trinajstić information content (AvgIpc) is 2.72. The average molecular weight is 535 g/mol. The number of halogens is 4. The Labute approximate surface area is 209 Å². The minimum atomic E-state index is -4.80. The van der Waals surface area contributed by atoms with E-state index in [0.717, 1.165) is 40.8 Å². The van der Waals surface area contributed by atoms with E-state index in [1.54, 1.807) is 14.0 Å². The summed E-state index contributed by atoms with van der Waals surface area (Å²) in [7, 11) is -2.55. The molecule has 0 saturated carbocycles. The number of carbonyl (C=O) groups is 1. The molecular formula is C24H30ClF3N2O4S. The summed E-state index contributed by atoms with van der Waals surface area (Å²) in [6, 6.07) is 4.67. The van der Waals surface area contributed by atoms with E-state index >= 15 is 0 Å². The van der Waals surface area contributed by atoms with Crippen molar-refractivity contribution in [2.45, 2.75) is 58.8 Å². The summed E-state index contributed by atoms with van der Waals surface area (Å²) in [6.45, 7) is 8.94. The molecule has 0 aliphatic heterocycles. The number of alkyl halides is 3. The molecule has 0 saturated heterocycles. The van der Waals surface area contributed by atoms with Gasteiger partial charge < -0.3 is 10.1 Å². The first-order valence-electron chi connectivity index (χ1n) is 10.8. The second-order valence-electron chi connectivity index (χ2n) is 8.73. The Morgan fingerprint density at radius 1 is 1.09 bits per heavy atom. The molecule has 0 fully saturated rings. The third-order valence-corrected chi connectivity index (χ3v) is 7.24. The molecule has 2 atom stereocenters. The molecule has 2 aromatic rings. The summed E-state index contributed by atoms with van der Waals surface area (Å²) in [5, 5.41) is 2.21. The van der Waals surface area contributed by atoms with Gasteiger partial charge in [-0.2, -0.15) is 13.2 Å². The van der Waals surface area contributed by atoms with Crippen molar-refractivity contribution in [3.63, 3.8) is 0 Å². The van der Waals surface area contributed by atoms with Gasteiger partial charge in [-0.25, -0.2) is 8.42 Å². The summed E-state index contributed by atoms with van der Waals surface area (Å²) in [5.41, 5.74) is 1.11. The number of hydrogen-bond acceptors (Lipinski definition) is 4. The fraction of sp³-hybridized carbons (Fsp3) is 0.458. The van der Waals surface area contributed by atoms with Crippen LogP contribution in [0.2, 0.25) is 5.02 Å². The molecule has 0 unspecified atom stereocenters. The van der Waals surface area contributed by atoms with Gasteiger partial charge in [-0.05, 0) is 73.7 Å². The van der Waals surface area contributed by atoms with E-state index in [-0.39, 0.29) is 11.6 Å². The van der Waals surface area contributed by atoms with E-state index in [4.69, 9.17) is 16.3 Å². The quantitative estimate of drug-likeness (QED) is 0.462. The second-order valence-corrected chi connectivity index (χ2v) is 11.0. The number of benzene rings is 2. The molecule has 2 aromatic carbocycles. The van der Waals surface area contributed by atoms with Gasteiger partial charge in [-0.1, -0.05) is 25.4 Å². The molecule has 0 aliphatic carbocycles. The molecule has 0 heterocycles. The number of amides is 1. The van der Waals surface area contributed by atoms with Gasteiger partial charge in [0.15, 0.2) is 0 Å². The number of carbonyl (C=O) groups excluding carboxylic acids is 1. The van der Waals surface area contributed by atoms with E-state index < -0.39 is 44.8 Å². The van der Waals surface area contributed by atoms with Crippen molar-refractivity contribution in [1.29, 1.82) is 0 Å². The summed E-state index contributed by atoms with van der Waals surface area (Å²) in [5.74, 6) is 0.201. The number of nitrogens with one attached hydrogen (secondary N) is 1. The Morgan fingerprint density at radius 2 is 1.69 bits per heavy atom. The van der Waals surface area contributed by atoms with Crippen molar-refractivity contribution in [3.05, 3.63) is 57.6 Å². The molecule has 0 aromatic heterocycles. The van der Waals surface area contributed by atoms with Gasteiger partial charge in [0.1, 0.15) is 11.8 Å². The van der Waals surface area contributed by atoms with Crippen molar-refractivity contribution in [1.82, 2.24) is 5.32 Å². The first-order valence-corrected chi connectivity index (χ1v) is 13.1. The van der Waals surface area contributed by atoms with Crippen LogP contribution < -0.4 is 14.4 Å². The number of sulfonamides is 1. The maximum atomic E-state index is 13.3. The van der Waals surface area contributed by atoms with Crippen LogP contribution in [0.4, 0.5) is 18.9 Å². The van der Waals surface area contributed by atoms with Crippen LogP contribution in [0.25, 0.3) is 0 Å². The normalized spacial score (nSPS) is 13.9. The van der Waals surface area contributed by atoms with Gasteiger partial charge in [0.05, 0.1) is 35.7 Å². The lowest BCUT2D eigenvalue weighted by molar-refractivity contribution is -0.137. The maximum absolute atomic E-state index is 13.3. The van der Waals surface area contributed by atoms with E-state index in [1.165, 1.54) is 6.92 Å². The zero-order chi connectivity index (χ0) is 26.9. The van der Waals surface area contributed by atoms with Crippen molar-refractivity contribution < 1.29 is 31.1 Å². The van der Waals surface area contributed by atoms with Crippen LogP contribution >= 0.6 is 11.6 Å². The van der Waals surface area contributed by atoms with Crippen molar-refractivity contribution in [3.8, 4) is 5.75 Å². The van der Waals surface area contributed by atoms with Crippen LogP contribution in [0.5, 0.6) is 5.75 Å². The lowest BCUT2D eigenvalue weighted by Crippen LogP contribution is -2.48. The minimum absolute atomic E-state index is 0.152. The van der Waals surface area contributed by atoms with E-state index in [9.17, 15) is 26.4 Å². The third kappa shape index (κ3) is 6.61. The number of rotatable bonds is 8. The first-order chi connectivity index (χ1) is 16.0. The van der Waals surface area contributed by atoms with Crippen LogP contribution in [0.1, 0.15) is 61.9 Å². The van der Waals surface area contributed by atoms with Gasteiger partial charge in [0.2, 0.25) is 15.9 Å². The summed E-state index contributed by atoms with van der Waals surface area (Å²) in [6.07, 6.45) is -3.97. The number of hydrogen-bond donors (Lipinski definition) is 1. The summed E-state index contributed by atoms with van der Waals surface area (Å²) < 4.78 is 71.2. The fourth-order valence-corrected chi connectivity index (χ4v) is 5.29. The molecular weight excluding hydrogens is 505 g/mol. The number of ether oxygens (including phenoxy) is 1. The lowest BCUT2D eigenvalue weighted by atomic mass is 9.93. The summed E-state index contributed by atoms with van der Waals surface area (Å²) >= 11 is 5.67. The standard InChI is InChI=1S/C24H30ClF3N2O4S/c1-13(2)18-12-19(14(3)10-22(18)34-6)15(4)29-23(31)16(5)30(35(7,32)33)17-8-9-21(25)20(11-17)24(26,27)28/h8-13,15-16H,1-7H3,(H,29,31)/t15-,16-/m0/s1. The molecule has 6 nitrogen and oxygen atoms in total. The molecule has 194 valence electrons. The smallest absolute Gasteiger partial charge is 0.417 e. The van der Waals surface area contributed by atoms with Gasteiger partial charge in [-0.15, -0.1) is 0 Å². The highest BCUT2D eigenvalue weighted by molar-refractivity contribution is 7.92. The number of anilines is 1. The van der Waals surface area contributed by atoms with Crippen LogP contribution in [0.3, 0.4) is 0 Å². The van der Waals surface area contributed by atoms with E-state index in [0.29, 0.717) is 10.4 Å². The Hall–Kier alpha value is -2.46. The second kappa shape index (κ2) is 10.7. The number of methoxy groups -OCH3 is 1. The Balaban J connectivity index is 2.42. The van der Waals surface area contributed by atoms with Gasteiger partial charge in [-0.3, -0.25) is 9.10 Å². The topological polar surface area (TPSA) is 75.7 Å². The van der Waals surface area contributed by atoms with E-state index in [2.05, 4.69) is 5.32 Å². The Morgan fingerprint density at radius 3 is 2.17 bits per heavy atom. The molecule has 0 spiro atoms. The molecule has 1 amide bonds. The predicted molar refractivity (Wildman–Crippen MR) is 132 cm³/mol. The fourth-order valence-electron chi connectivity index (χ4n) is 3.90. The monoisotopic (exact) mass is 534 g/mol. The largest absolute Gasteiger partial charge is 0.496 e. The van der Waals surface area contributed by atoms with Crippen molar-refractivity contribution in [2.75, 3.05) is 17.7 Å². The zero-order valence-corrected chi connectivity index (χ0v) is 22.2. The summed E-state index contributed by atoms with van der Waals surface area (Å²) in [4.78, 5) is 13.1. The van der Waals surface area contributed by atoms with Gasteiger partial charge in [0.25, 0.3) is 0 Å². The third-order valence-electron chi connectivity index (χ3n) is 5.66. The SMILES string of the molecule is COc1cc(C)c([C@H](C)NC(=O)[C@H](C)N(c2ccc(Cl)c(C(F)(F)F)c2)S(C)(=O)=O)cc1C(C)C. The van der Waals surface area contributed by atoms with Crippen molar-refractivity contribution >= 4 is 33.2 Å². The lowest BCUT2D eigenvalue weighted by Gasteiger charge is -2.30. The highest BCUT2D eigenvalue weighted by atomic mass is 35.5. The first kappa shape index (κ1) is 28.8. The molecule has 0 aliphatic rings. The Kier molecular flexibility index (Phi) is 8.76. The maximum Gasteiger partial charge on any atom is 0.417 e. The van der Waals surface area contributed by atoms with E-state index in [1.807, 2.05) is 32.9 Å². The van der Waals surface area contributed by atoms with Crippen LogP contribution in [0, 0.1) is 6.92 Å². The number of nitrogens with zero attached hydrogens (tertiary/aromatic N) is 1. The molecule has 2 rings (SSSR count). The minimum Gasteiger partial charge on any atom is -0.496 e. The van der Waals surface area contributed by atoms with Gasteiger partial charge in [0, 0.05) is 0 Å². The number of aryl methyl sites for hydroxylation is 1. The van der Waals surface area contributed by atoms with Crippen molar-refractivity contribution in [2.24, 2.45) is 0 Å². The molecule has 0 radical (unpaired) electrons. The molecule has 11 heteroatoms. The molecule has 1 N–H and O–H groups in total. The highest BCUT2D eigenvalue weighted by Crippen LogP contribution is 2.38. The zero-order valence-electron chi connectivity index (χ0n) is 20.6. The molecule has 35 heavy (non-hydrogen) atoms. The predicted octanol–water partition coefficient (Wildman–Crippen LogP) is 5.83. The van der Waals surface area contributed by atoms with Crippen LogP contribution in [-0.4, -0.2) is 33.7 Å². The van der Waals surface area contributed by atoms with Crippen LogP contribution in [-0.2, 0) is 21.0 Å². The van der Waals surface area contributed by atoms with Crippen LogP contribution in [0.15, 0.2) is 30.3 Å².